The fourth-order valence-electron chi connectivity index (χ4n) is 1.50. The van der Waals surface area contributed by atoms with Crippen LogP contribution >= 0.6 is 0 Å². The zero-order valence-electron chi connectivity index (χ0n) is 10.3. The van der Waals surface area contributed by atoms with E-state index >= 15 is 0 Å². The summed E-state index contributed by atoms with van der Waals surface area (Å²) in [5.74, 6) is -0.478. The molecule has 17 heavy (non-hydrogen) atoms. The second kappa shape index (κ2) is 4.14. The minimum Gasteiger partial charge on any atom is -0.475 e. The van der Waals surface area contributed by atoms with Gasteiger partial charge in [-0.1, -0.05) is 0 Å². The van der Waals surface area contributed by atoms with E-state index < -0.39 is 5.97 Å². The molecule has 1 N–H and O–H groups in total. The van der Waals surface area contributed by atoms with E-state index in [1.54, 1.807) is 0 Å². The normalized spacial score (nSPS) is 16.2. The Morgan fingerprint density at radius 2 is 2.18 bits per heavy atom. The van der Waals surface area contributed by atoms with E-state index in [1.165, 1.54) is 0 Å². The molecular weight excluding hydrogens is 222 g/mol. The molecule has 0 radical (unpaired) electrons. The van der Waals surface area contributed by atoms with Gasteiger partial charge in [-0.25, -0.2) is 9.78 Å². The maximum absolute atomic E-state index is 11.0. The first-order chi connectivity index (χ1) is 7.87. The minimum atomic E-state index is -1.05. The molecule has 0 saturated heterocycles. The summed E-state index contributed by atoms with van der Waals surface area (Å²) in [6.45, 7) is 5.98. The van der Waals surface area contributed by atoms with Crippen LogP contribution in [0.15, 0.2) is 4.42 Å². The van der Waals surface area contributed by atoms with Crippen molar-refractivity contribution in [2.75, 3.05) is 0 Å². The fourth-order valence-corrected chi connectivity index (χ4v) is 1.50. The Labute approximate surface area is 99.8 Å². The number of carbonyl (C=O) groups is 1. The van der Waals surface area contributed by atoms with Gasteiger partial charge in [-0.2, -0.15) is 0 Å². The van der Waals surface area contributed by atoms with E-state index in [0.29, 0.717) is 11.6 Å². The first-order valence-corrected chi connectivity index (χ1v) is 5.73. The number of hydrogen-bond donors (Lipinski definition) is 1. The predicted octanol–water partition coefficient (Wildman–Crippen LogP) is 2.57. The lowest BCUT2D eigenvalue weighted by Gasteiger charge is -2.17. The molecule has 5 heteroatoms. The zero-order chi connectivity index (χ0) is 12.6. The SMILES string of the molecule is CC(C)(C)OCc1nc(C2CC2)c(C(=O)O)o1. The van der Waals surface area contributed by atoms with Crippen molar-refractivity contribution < 1.29 is 19.1 Å². The first kappa shape index (κ1) is 12.1. The third kappa shape index (κ3) is 3.06. The summed E-state index contributed by atoms with van der Waals surface area (Å²) in [7, 11) is 0. The molecule has 1 fully saturated rings. The second-order valence-electron chi connectivity index (χ2n) is 5.30. The van der Waals surface area contributed by atoms with Gasteiger partial charge in [0.05, 0.1) is 11.3 Å². The monoisotopic (exact) mass is 239 g/mol. The van der Waals surface area contributed by atoms with Crippen molar-refractivity contribution >= 4 is 5.97 Å². The summed E-state index contributed by atoms with van der Waals surface area (Å²) in [5, 5.41) is 9.01. The summed E-state index contributed by atoms with van der Waals surface area (Å²) in [6, 6.07) is 0. The number of hydrogen-bond acceptors (Lipinski definition) is 4. The second-order valence-corrected chi connectivity index (χ2v) is 5.30. The Bertz CT molecular complexity index is 426. The van der Waals surface area contributed by atoms with E-state index in [4.69, 9.17) is 14.3 Å². The van der Waals surface area contributed by atoms with Gasteiger partial charge in [0.25, 0.3) is 0 Å². The van der Waals surface area contributed by atoms with Gasteiger partial charge in [-0.05, 0) is 33.6 Å². The molecule has 1 saturated carbocycles. The van der Waals surface area contributed by atoms with Crippen LogP contribution in [0.4, 0.5) is 0 Å². The van der Waals surface area contributed by atoms with Crippen LogP contribution in [0.5, 0.6) is 0 Å². The van der Waals surface area contributed by atoms with Crippen LogP contribution in [0.1, 0.15) is 61.7 Å². The zero-order valence-corrected chi connectivity index (χ0v) is 10.3. The Morgan fingerprint density at radius 1 is 1.53 bits per heavy atom. The highest BCUT2D eigenvalue weighted by atomic mass is 16.5. The topological polar surface area (TPSA) is 72.6 Å². The number of carboxylic acid groups (broad SMARTS) is 1. The lowest BCUT2D eigenvalue weighted by atomic mass is 10.2. The van der Waals surface area contributed by atoms with Crippen molar-refractivity contribution in [1.29, 1.82) is 0 Å². The molecule has 0 unspecified atom stereocenters. The van der Waals surface area contributed by atoms with Crippen LogP contribution < -0.4 is 0 Å². The number of aromatic nitrogens is 1. The molecule has 2 rings (SSSR count). The smallest absolute Gasteiger partial charge is 0.373 e. The molecule has 5 nitrogen and oxygen atoms in total. The third-order valence-corrected chi connectivity index (χ3v) is 2.48. The summed E-state index contributed by atoms with van der Waals surface area (Å²) in [4.78, 5) is 15.2. The maximum Gasteiger partial charge on any atom is 0.373 e. The molecule has 1 aromatic rings. The van der Waals surface area contributed by atoms with Crippen molar-refractivity contribution in [2.24, 2.45) is 0 Å². The van der Waals surface area contributed by atoms with Gasteiger partial charge in [0.15, 0.2) is 0 Å². The van der Waals surface area contributed by atoms with Gasteiger partial charge in [0.2, 0.25) is 11.7 Å². The van der Waals surface area contributed by atoms with Crippen LogP contribution in [0, 0.1) is 0 Å². The number of aromatic carboxylic acids is 1. The number of carboxylic acids is 1. The average Bonchev–Trinajstić information content (AvgIpc) is 2.94. The van der Waals surface area contributed by atoms with Crippen LogP contribution in [-0.2, 0) is 11.3 Å². The van der Waals surface area contributed by atoms with Crippen LogP contribution in [0.3, 0.4) is 0 Å². The van der Waals surface area contributed by atoms with E-state index in [1.807, 2.05) is 20.8 Å². The van der Waals surface area contributed by atoms with Crippen molar-refractivity contribution in [3.05, 3.63) is 17.3 Å². The van der Waals surface area contributed by atoms with Gasteiger partial charge < -0.3 is 14.3 Å². The molecule has 0 amide bonds. The molecule has 1 aliphatic carbocycles. The molecule has 1 heterocycles. The molecule has 0 bridgehead atoms. The van der Waals surface area contributed by atoms with Crippen molar-refractivity contribution in [2.45, 2.75) is 51.7 Å². The standard InChI is InChI=1S/C12H17NO4/c1-12(2,3)16-6-8-13-9(7-4-5-7)10(17-8)11(14)15/h7H,4-6H2,1-3H3,(H,14,15). The van der Waals surface area contributed by atoms with Gasteiger partial charge in [-0.3, -0.25) is 0 Å². The Hall–Kier alpha value is -1.36. The summed E-state index contributed by atoms with van der Waals surface area (Å²) in [6.07, 6.45) is 1.98. The summed E-state index contributed by atoms with van der Waals surface area (Å²) in [5.41, 5.74) is 0.280. The Kier molecular flexibility index (Phi) is 2.95. The largest absolute Gasteiger partial charge is 0.475 e. The highest BCUT2D eigenvalue weighted by Crippen LogP contribution is 2.41. The van der Waals surface area contributed by atoms with Crippen LogP contribution in [0.25, 0.3) is 0 Å². The lowest BCUT2D eigenvalue weighted by molar-refractivity contribution is -0.0246. The molecule has 0 aliphatic heterocycles. The third-order valence-electron chi connectivity index (χ3n) is 2.48. The molecule has 0 spiro atoms. The van der Waals surface area contributed by atoms with E-state index in [0.717, 1.165) is 12.8 Å². The van der Waals surface area contributed by atoms with Crippen molar-refractivity contribution in [3.8, 4) is 0 Å². The molecule has 0 atom stereocenters. The minimum absolute atomic E-state index is 0.0278. The highest BCUT2D eigenvalue weighted by molar-refractivity contribution is 5.85. The number of rotatable bonds is 4. The number of oxazole rings is 1. The van der Waals surface area contributed by atoms with E-state index in [-0.39, 0.29) is 23.9 Å². The summed E-state index contributed by atoms with van der Waals surface area (Å²) < 4.78 is 10.8. The van der Waals surface area contributed by atoms with Crippen molar-refractivity contribution in [3.63, 3.8) is 0 Å². The fraction of sp³-hybridized carbons (Fsp3) is 0.667. The number of nitrogens with zero attached hydrogens (tertiary/aromatic N) is 1. The van der Waals surface area contributed by atoms with Gasteiger partial charge >= 0.3 is 5.97 Å². The van der Waals surface area contributed by atoms with Crippen molar-refractivity contribution in [1.82, 2.24) is 4.98 Å². The maximum atomic E-state index is 11.0. The molecular formula is C12H17NO4. The van der Waals surface area contributed by atoms with E-state index in [9.17, 15) is 4.79 Å². The molecule has 1 aromatic heterocycles. The Morgan fingerprint density at radius 3 is 2.65 bits per heavy atom. The molecule has 1 aliphatic rings. The predicted molar refractivity (Wildman–Crippen MR) is 60.0 cm³/mol. The van der Waals surface area contributed by atoms with E-state index in [2.05, 4.69) is 4.98 Å². The molecule has 94 valence electrons. The molecule has 0 aromatic carbocycles. The quantitative estimate of drug-likeness (QED) is 0.874. The first-order valence-electron chi connectivity index (χ1n) is 5.73. The highest BCUT2D eigenvalue weighted by Gasteiger charge is 2.33. The lowest BCUT2D eigenvalue weighted by Crippen LogP contribution is -2.18. The van der Waals surface area contributed by atoms with Crippen LogP contribution in [0.2, 0.25) is 0 Å². The van der Waals surface area contributed by atoms with Gasteiger partial charge in [0, 0.05) is 5.92 Å². The average molecular weight is 239 g/mol. The summed E-state index contributed by atoms with van der Waals surface area (Å²) >= 11 is 0. The van der Waals surface area contributed by atoms with Gasteiger partial charge in [-0.15, -0.1) is 0 Å². The van der Waals surface area contributed by atoms with Gasteiger partial charge in [0.1, 0.15) is 6.61 Å². The van der Waals surface area contributed by atoms with Crippen LogP contribution in [-0.4, -0.2) is 21.7 Å². The number of ether oxygens (including phenoxy) is 1. The Balaban J connectivity index is 2.13.